The first-order valence-electron chi connectivity index (χ1n) is 5.24. The number of hydrogen-bond acceptors (Lipinski definition) is 2. The lowest BCUT2D eigenvalue weighted by Crippen LogP contribution is -2.26. The molecule has 0 spiro atoms. The van der Waals surface area contributed by atoms with Gasteiger partial charge in [-0.2, -0.15) is 0 Å². The summed E-state index contributed by atoms with van der Waals surface area (Å²) in [7, 11) is 0. The van der Waals surface area contributed by atoms with Gasteiger partial charge < -0.3 is 5.32 Å². The van der Waals surface area contributed by atoms with Gasteiger partial charge >= 0.3 is 0 Å². The van der Waals surface area contributed by atoms with Crippen LogP contribution < -0.4 is 5.32 Å². The van der Waals surface area contributed by atoms with E-state index >= 15 is 0 Å². The minimum atomic E-state index is 0.111. The van der Waals surface area contributed by atoms with Crippen molar-refractivity contribution in [1.82, 2.24) is 5.32 Å². The van der Waals surface area contributed by atoms with Crippen LogP contribution in [0.25, 0.3) is 0 Å². The molecule has 1 saturated carbocycles. The first-order valence-corrected chi connectivity index (χ1v) is 6.46. The summed E-state index contributed by atoms with van der Waals surface area (Å²) in [6, 6.07) is 0.454. The van der Waals surface area contributed by atoms with Gasteiger partial charge in [0.15, 0.2) is 0 Å². The molecule has 1 aliphatic rings. The van der Waals surface area contributed by atoms with Gasteiger partial charge in [-0.1, -0.05) is 26.3 Å². The van der Waals surface area contributed by atoms with E-state index < -0.39 is 0 Å². The Morgan fingerprint density at radius 2 is 2.29 bits per heavy atom. The Bertz CT molecular complexity index is 233. The third kappa shape index (κ3) is 3.74. The van der Waals surface area contributed by atoms with E-state index in [-0.39, 0.29) is 5.91 Å². The van der Waals surface area contributed by atoms with Crippen molar-refractivity contribution in [1.29, 1.82) is 0 Å². The van der Waals surface area contributed by atoms with E-state index in [9.17, 15) is 4.79 Å². The van der Waals surface area contributed by atoms with Crippen molar-refractivity contribution in [3.05, 3.63) is 11.0 Å². The molecule has 1 unspecified atom stereocenters. The van der Waals surface area contributed by atoms with Crippen molar-refractivity contribution in [2.75, 3.05) is 6.26 Å². The summed E-state index contributed by atoms with van der Waals surface area (Å²) in [5.41, 5.74) is 0. The SMILES string of the molecule is CCC(C)/C=C(\SC)C(=O)NC1CC1. The van der Waals surface area contributed by atoms with E-state index in [2.05, 4.69) is 25.2 Å². The molecule has 1 fully saturated rings. The van der Waals surface area contributed by atoms with Gasteiger partial charge in [0.05, 0.1) is 4.91 Å². The number of thioether (sulfide) groups is 1. The Kier molecular flexibility index (Phi) is 4.52. The molecule has 1 amide bonds. The average Bonchev–Trinajstić information content (AvgIpc) is 2.97. The lowest BCUT2D eigenvalue weighted by atomic mass is 10.1. The van der Waals surface area contributed by atoms with E-state index in [4.69, 9.17) is 0 Å². The Morgan fingerprint density at radius 3 is 2.71 bits per heavy atom. The molecule has 0 aromatic heterocycles. The molecule has 14 heavy (non-hydrogen) atoms. The fourth-order valence-electron chi connectivity index (χ4n) is 1.10. The number of allylic oxidation sites excluding steroid dienone is 1. The molecule has 1 rings (SSSR count). The van der Waals surface area contributed by atoms with Gasteiger partial charge in [-0.15, -0.1) is 11.8 Å². The van der Waals surface area contributed by atoms with Crippen molar-refractivity contribution in [2.45, 2.75) is 39.2 Å². The number of carbonyl (C=O) groups excluding carboxylic acids is 1. The Hall–Kier alpha value is -0.440. The Balaban J connectivity index is 2.49. The minimum absolute atomic E-state index is 0.111. The summed E-state index contributed by atoms with van der Waals surface area (Å²) in [6.07, 6.45) is 7.41. The first kappa shape index (κ1) is 11.6. The molecule has 0 radical (unpaired) electrons. The molecule has 3 heteroatoms. The summed E-state index contributed by atoms with van der Waals surface area (Å²) in [5, 5.41) is 3.01. The quantitative estimate of drug-likeness (QED) is 0.711. The van der Waals surface area contributed by atoms with Crippen LogP contribution in [-0.4, -0.2) is 18.2 Å². The van der Waals surface area contributed by atoms with Gasteiger partial charge in [0.2, 0.25) is 0 Å². The highest BCUT2D eigenvalue weighted by atomic mass is 32.2. The fourth-order valence-corrected chi connectivity index (χ4v) is 1.71. The molecular formula is C11H19NOS. The number of hydrogen-bond donors (Lipinski definition) is 1. The van der Waals surface area contributed by atoms with Crippen LogP contribution >= 0.6 is 11.8 Å². The van der Waals surface area contributed by atoms with Gasteiger partial charge in [-0.25, -0.2) is 0 Å². The van der Waals surface area contributed by atoms with Crippen LogP contribution in [0.1, 0.15) is 33.1 Å². The van der Waals surface area contributed by atoms with Crippen molar-refractivity contribution in [3.8, 4) is 0 Å². The zero-order valence-electron chi connectivity index (χ0n) is 9.17. The third-order valence-electron chi connectivity index (χ3n) is 2.44. The van der Waals surface area contributed by atoms with Gasteiger partial charge in [-0.05, 0) is 25.0 Å². The van der Waals surface area contributed by atoms with E-state index in [1.165, 1.54) is 0 Å². The number of rotatable bonds is 5. The van der Waals surface area contributed by atoms with Crippen LogP contribution in [0.15, 0.2) is 11.0 Å². The van der Waals surface area contributed by atoms with Crippen LogP contribution in [0.2, 0.25) is 0 Å². The predicted molar refractivity (Wildman–Crippen MR) is 62.2 cm³/mol. The normalized spacial score (nSPS) is 19.2. The molecule has 1 N–H and O–H groups in total. The first-order chi connectivity index (χ1) is 6.67. The number of nitrogens with one attached hydrogen (secondary N) is 1. The maximum absolute atomic E-state index is 11.7. The smallest absolute Gasteiger partial charge is 0.257 e. The van der Waals surface area contributed by atoms with Crippen molar-refractivity contribution >= 4 is 17.7 Å². The standard InChI is InChI=1S/C11H19NOS/c1-4-8(2)7-10(14-3)11(13)12-9-5-6-9/h7-9H,4-6H2,1-3H3,(H,12,13)/b10-7-. The lowest BCUT2D eigenvalue weighted by Gasteiger charge is -2.08. The van der Waals surface area contributed by atoms with E-state index in [1.54, 1.807) is 11.8 Å². The zero-order chi connectivity index (χ0) is 10.6. The van der Waals surface area contributed by atoms with Gasteiger partial charge in [-0.3, -0.25) is 4.79 Å². The molecule has 0 heterocycles. The third-order valence-corrected chi connectivity index (χ3v) is 3.20. The molecule has 80 valence electrons. The minimum Gasteiger partial charge on any atom is -0.349 e. The van der Waals surface area contributed by atoms with Gasteiger partial charge in [0.1, 0.15) is 0 Å². The van der Waals surface area contributed by atoms with Crippen LogP contribution in [-0.2, 0) is 4.79 Å². The molecule has 0 aromatic rings. The van der Waals surface area contributed by atoms with Crippen LogP contribution in [0.3, 0.4) is 0 Å². The lowest BCUT2D eigenvalue weighted by molar-refractivity contribution is -0.116. The summed E-state index contributed by atoms with van der Waals surface area (Å²) in [4.78, 5) is 12.5. The highest BCUT2D eigenvalue weighted by Crippen LogP contribution is 2.22. The second-order valence-electron chi connectivity index (χ2n) is 3.87. The van der Waals surface area contributed by atoms with Crippen molar-refractivity contribution in [2.24, 2.45) is 5.92 Å². The summed E-state index contributed by atoms with van der Waals surface area (Å²) < 4.78 is 0. The topological polar surface area (TPSA) is 29.1 Å². The molecular weight excluding hydrogens is 194 g/mol. The fraction of sp³-hybridized carbons (Fsp3) is 0.727. The van der Waals surface area contributed by atoms with Crippen LogP contribution in [0, 0.1) is 5.92 Å². The molecule has 1 atom stereocenters. The highest BCUT2D eigenvalue weighted by Gasteiger charge is 2.24. The molecule has 2 nitrogen and oxygen atoms in total. The van der Waals surface area contributed by atoms with E-state index in [0.717, 1.165) is 24.2 Å². The average molecular weight is 213 g/mol. The molecule has 0 aliphatic heterocycles. The van der Waals surface area contributed by atoms with E-state index in [1.807, 2.05) is 6.26 Å². The largest absolute Gasteiger partial charge is 0.349 e. The van der Waals surface area contributed by atoms with E-state index in [0.29, 0.717) is 12.0 Å². The van der Waals surface area contributed by atoms with Crippen LogP contribution in [0.4, 0.5) is 0 Å². The summed E-state index contributed by atoms with van der Waals surface area (Å²) in [6.45, 7) is 4.28. The number of amides is 1. The number of carbonyl (C=O) groups is 1. The van der Waals surface area contributed by atoms with Gasteiger partial charge in [0, 0.05) is 6.04 Å². The monoisotopic (exact) mass is 213 g/mol. The molecule has 0 bridgehead atoms. The summed E-state index contributed by atoms with van der Waals surface area (Å²) in [5.74, 6) is 0.600. The second kappa shape index (κ2) is 5.44. The van der Waals surface area contributed by atoms with Crippen LogP contribution in [0.5, 0.6) is 0 Å². The predicted octanol–water partition coefficient (Wildman–Crippen LogP) is 2.56. The molecule has 0 aromatic carbocycles. The Morgan fingerprint density at radius 1 is 1.64 bits per heavy atom. The second-order valence-corrected chi connectivity index (χ2v) is 4.72. The summed E-state index contributed by atoms with van der Waals surface area (Å²) >= 11 is 1.54. The molecule has 0 saturated heterocycles. The zero-order valence-corrected chi connectivity index (χ0v) is 9.99. The highest BCUT2D eigenvalue weighted by molar-refractivity contribution is 8.03. The maximum Gasteiger partial charge on any atom is 0.257 e. The van der Waals surface area contributed by atoms with Crippen molar-refractivity contribution < 1.29 is 4.79 Å². The van der Waals surface area contributed by atoms with Gasteiger partial charge in [0.25, 0.3) is 5.91 Å². The molecule has 1 aliphatic carbocycles. The maximum atomic E-state index is 11.7. The Labute approximate surface area is 90.5 Å². The van der Waals surface area contributed by atoms with Crippen molar-refractivity contribution in [3.63, 3.8) is 0 Å².